The molecule has 0 spiro atoms. The van der Waals surface area contributed by atoms with Gasteiger partial charge in [0.05, 0.1) is 0 Å². The van der Waals surface area contributed by atoms with E-state index in [2.05, 4.69) is 6.58 Å². The van der Waals surface area contributed by atoms with Gasteiger partial charge < -0.3 is 10.2 Å². The number of carbonyl (C=O) groups is 2. The Labute approximate surface area is 90.8 Å². The zero-order valence-electron chi connectivity index (χ0n) is 7.79. The third-order valence-corrected chi connectivity index (χ3v) is 1.95. The fourth-order valence-electron chi connectivity index (χ4n) is 0.540. The molecule has 1 aromatic heterocycles. The first-order chi connectivity index (χ1) is 7.06. The van der Waals surface area contributed by atoms with Crippen LogP contribution in [-0.4, -0.2) is 22.2 Å². The molecule has 1 heterocycles. The summed E-state index contributed by atoms with van der Waals surface area (Å²) < 4.78 is 0. The van der Waals surface area contributed by atoms with Gasteiger partial charge in [-0.15, -0.1) is 11.3 Å². The molecule has 0 bridgehead atoms. The van der Waals surface area contributed by atoms with Crippen LogP contribution in [0.2, 0.25) is 0 Å². The molecule has 1 rings (SSSR count). The van der Waals surface area contributed by atoms with Gasteiger partial charge in [0, 0.05) is 17.0 Å². The molecule has 0 saturated carbocycles. The summed E-state index contributed by atoms with van der Waals surface area (Å²) in [5, 5.41) is 17.7. The van der Waals surface area contributed by atoms with Crippen molar-refractivity contribution in [3.8, 4) is 0 Å². The lowest BCUT2D eigenvalue weighted by Crippen LogP contribution is -1.84. The number of rotatable bonds is 3. The van der Waals surface area contributed by atoms with Gasteiger partial charge in [-0.25, -0.2) is 9.59 Å². The number of carboxylic acids is 2. The maximum absolute atomic E-state index is 10.0. The fourth-order valence-corrected chi connectivity index (χ4v) is 1.16. The molecule has 15 heavy (non-hydrogen) atoms. The van der Waals surface area contributed by atoms with Crippen LogP contribution in [0.3, 0.4) is 0 Å². The van der Waals surface area contributed by atoms with Crippen LogP contribution in [0.1, 0.15) is 4.88 Å². The van der Waals surface area contributed by atoms with Crippen LogP contribution >= 0.6 is 11.3 Å². The molecule has 4 nitrogen and oxygen atoms in total. The SMILES string of the molecule is C=CC(=O)O.O=C(O)C=Cc1cccs1. The molecule has 0 saturated heterocycles. The summed E-state index contributed by atoms with van der Waals surface area (Å²) in [7, 11) is 0. The minimum absolute atomic E-state index is 0.833. The first kappa shape index (κ1) is 13.1. The highest BCUT2D eigenvalue weighted by Gasteiger charge is 1.87. The van der Waals surface area contributed by atoms with Crippen molar-refractivity contribution < 1.29 is 19.8 Å². The second-order valence-corrected chi connectivity index (χ2v) is 3.21. The molecule has 0 radical (unpaired) electrons. The van der Waals surface area contributed by atoms with E-state index in [0.717, 1.165) is 17.0 Å². The lowest BCUT2D eigenvalue weighted by molar-refractivity contribution is -0.132. The molecule has 0 amide bonds. The summed E-state index contributed by atoms with van der Waals surface area (Å²) in [6.45, 7) is 2.96. The quantitative estimate of drug-likeness (QED) is 0.774. The second-order valence-electron chi connectivity index (χ2n) is 2.23. The standard InChI is InChI=1S/C7H6O2S.C3H4O2/c8-7(9)4-3-6-2-1-5-10-6;1-2-3(4)5/h1-5H,(H,8,9);2H,1H2,(H,4,5). The molecule has 5 heteroatoms. The van der Waals surface area contributed by atoms with E-state index in [9.17, 15) is 9.59 Å². The molecule has 0 aliphatic carbocycles. The Balaban J connectivity index is 0.000000336. The molecule has 0 unspecified atom stereocenters. The van der Waals surface area contributed by atoms with Crippen molar-refractivity contribution in [1.29, 1.82) is 0 Å². The van der Waals surface area contributed by atoms with Crippen molar-refractivity contribution in [2.45, 2.75) is 0 Å². The maximum Gasteiger partial charge on any atom is 0.328 e. The van der Waals surface area contributed by atoms with Gasteiger partial charge in [-0.2, -0.15) is 0 Å². The normalized spacial score (nSPS) is 9.07. The molecule has 0 atom stereocenters. The van der Waals surface area contributed by atoms with E-state index < -0.39 is 11.9 Å². The van der Waals surface area contributed by atoms with E-state index >= 15 is 0 Å². The van der Waals surface area contributed by atoms with Crippen molar-refractivity contribution in [1.82, 2.24) is 0 Å². The predicted molar refractivity (Wildman–Crippen MR) is 58.8 cm³/mol. The van der Waals surface area contributed by atoms with Crippen molar-refractivity contribution in [3.05, 3.63) is 41.1 Å². The molecule has 0 aliphatic rings. The number of hydrogen-bond donors (Lipinski definition) is 2. The minimum atomic E-state index is -0.981. The third kappa shape index (κ3) is 8.45. The zero-order valence-corrected chi connectivity index (χ0v) is 8.61. The first-order valence-electron chi connectivity index (χ1n) is 3.86. The summed E-state index contributed by atoms with van der Waals surface area (Å²) in [5.74, 6) is -1.89. The number of carboxylic acid groups (broad SMARTS) is 2. The van der Waals surface area contributed by atoms with Gasteiger partial charge in [-0.05, 0) is 17.5 Å². The Hall–Kier alpha value is -1.88. The van der Waals surface area contributed by atoms with Crippen LogP contribution < -0.4 is 0 Å². The van der Waals surface area contributed by atoms with Crippen molar-refractivity contribution in [3.63, 3.8) is 0 Å². The first-order valence-corrected chi connectivity index (χ1v) is 4.74. The summed E-state index contributed by atoms with van der Waals surface area (Å²) in [6.07, 6.45) is 3.54. The Kier molecular flexibility index (Phi) is 6.57. The van der Waals surface area contributed by atoms with Crippen LogP contribution in [0.15, 0.2) is 36.2 Å². The van der Waals surface area contributed by atoms with E-state index in [-0.39, 0.29) is 0 Å². The summed E-state index contributed by atoms with van der Waals surface area (Å²) in [5.41, 5.74) is 0. The van der Waals surface area contributed by atoms with Crippen LogP contribution in [0.4, 0.5) is 0 Å². The Morgan fingerprint density at radius 3 is 2.27 bits per heavy atom. The van der Waals surface area contributed by atoms with Crippen LogP contribution in [0.5, 0.6) is 0 Å². The van der Waals surface area contributed by atoms with Crippen LogP contribution in [-0.2, 0) is 9.59 Å². The average Bonchev–Trinajstić information content (AvgIpc) is 2.68. The van der Waals surface area contributed by atoms with E-state index in [1.165, 1.54) is 11.3 Å². The Morgan fingerprint density at radius 2 is 1.93 bits per heavy atom. The Morgan fingerprint density at radius 1 is 1.33 bits per heavy atom. The van der Waals surface area contributed by atoms with E-state index in [1.807, 2.05) is 17.5 Å². The smallest absolute Gasteiger partial charge is 0.328 e. The lowest BCUT2D eigenvalue weighted by atomic mass is 10.4. The number of aliphatic carboxylic acids is 2. The van der Waals surface area contributed by atoms with Crippen LogP contribution in [0.25, 0.3) is 6.08 Å². The predicted octanol–water partition coefficient (Wildman–Crippen LogP) is 2.10. The van der Waals surface area contributed by atoms with E-state index in [0.29, 0.717) is 0 Å². The van der Waals surface area contributed by atoms with Gasteiger partial charge in [0.2, 0.25) is 0 Å². The molecule has 0 aliphatic heterocycles. The highest BCUT2D eigenvalue weighted by atomic mass is 32.1. The summed E-state index contributed by atoms with van der Waals surface area (Å²) >= 11 is 1.51. The monoisotopic (exact) mass is 226 g/mol. The third-order valence-electron chi connectivity index (χ3n) is 1.11. The molecule has 80 valence electrons. The molecule has 2 N–H and O–H groups in total. The van der Waals surface area contributed by atoms with Gasteiger partial charge in [-0.3, -0.25) is 0 Å². The van der Waals surface area contributed by atoms with E-state index in [4.69, 9.17) is 10.2 Å². The van der Waals surface area contributed by atoms with Gasteiger partial charge in [-0.1, -0.05) is 12.6 Å². The van der Waals surface area contributed by atoms with Crippen molar-refractivity contribution in [2.24, 2.45) is 0 Å². The largest absolute Gasteiger partial charge is 0.478 e. The van der Waals surface area contributed by atoms with E-state index in [1.54, 1.807) is 6.08 Å². The zero-order chi connectivity index (χ0) is 11.7. The van der Waals surface area contributed by atoms with Gasteiger partial charge in [0.25, 0.3) is 0 Å². The topological polar surface area (TPSA) is 74.6 Å². The van der Waals surface area contributed by atoms with Crippen molar-refractivity contribution in [2.75, 3.05) is 0 Å². The molecule has 1 aromatic rings. The fraction of sp³-hybridized carbons (Fsp3) is 0. The molecule has 0 fully saturated rings. The van der Waals surface area contributed by atoms with Crippen LogP contribution in [0, 0.1) is 0 Å². The maximum atomic E-state index is 10.0. The number of thiophene rings is 1. The second kappa shape index (κ2) is 7.52. The molecular weight excluding hydrogens is 216 g/mol. The summed E-state index contributed by atoms with van der Waals surface area (Å²) in [6, 6.07) is 3.75. The van der Waals surface area contributed by atoms with Crippen molar-refractivity contribution >= 4 is 29.4 Å². The highest BCUT2D eigenvalue weighted by Crippen LogP contribution is 2.09. The van der Waals surface area contributed by atoms with Gasteiger partial charge >= 0.3 is 11.9 Å². The highest BCUT2D eigenvalue weighted by molar-refractivity contribution is 7.10. The van der Waals surface area contributed by atoms with Gasteiger partial charge in [0.1, 0.15) is 0 Å². The molecular formula is C10H10O4S. The lowest BCUT2D eigenvalue weighted by Gasteiger charge is -1.78. The van der Waals surface area contributed by atoms with Gasteiger partial charge in [0.15, 0.2) is 0 Å². The molecule has 0 aromatic carbocycles. The summed E-state index contributed by atoms with van der Waals surface area (Å²) in [4.78, 5) is 20.2. The number of hydrogen-bond acceptors (Lipinski definition) is 3. The average molecular weight is 226 g/mol. The Bertz CT molecular complexity index is 352. The minimum Gasteiger partial charge on any atom is -0.478 e.